The topological polar surface area (TPSA) is 86.1 Å². The summed E-state index contributed by atoms with van der Waals surface area (Å²) in [5, 5.41) is 13.6. The summed E-state index contributed by atoms with van der Waals surface area (Å²) < 4.78 is 12.4. The normalized spacial score (nSPS) is 10.3. The number of nitriles is 1. The molecule has 3 rings (SSSR count). The van der Waals surface area contributed by atoms with Gasteiger partial charge in [0.25, 0.3) is 0 Å². The second-order valence-electron chi connectivity index (χ2n) is 5.30. The van der Waals surface area contributed by atoms with E-state index < -0.39 is 0 Å². The van der Waals surface area contributed by atoms with Crippen molar-refractivity contribution in [1.82, 2.24) is 9.78 Å². The Morgan fingerprint density at radius 2 is 1.76 bits per heavy atom. The average molecular weight is 334 g/mol. The Balaban J connectivity index is 1.98. The van der Waals surface area contributed by atoms with E-state index in [1.54, 1.807) is 17.9 Å². The van der Waals surface area contributed by atoms with E-state index in [4.69, 9.17) is 15.2 Å². The van der Waals surface area contributed by atoms with Crippen LogP contribution in [0, 0.1) is 11.3 Å². The summed E-state index contributed by atoms with van der Waals surface area (Å²) >= 11 is 0. The van der Waals surface area contributed by atoms with Crippen molar-refractivity contribution in [2.75, 3.05) is 20.3 Å². The molecule has 0 aliphatic carbocycles. The molecule has 0 amide bonds. The van der Waals surface area contributed by atoms with Gasteiger partial charge in [0.2, 0.25) is 0 Å². The van der Waals surface area contributed by atoms with Crippen LogP contribution in [0.2, 0.25) is 0 Å². The summed E-state index contributed by atoms with van der Waals surface area (Å²) in [5.74, 6) is 1.52. The van der Waals surface area contributed by atoms with Crippen LogP contribution in [0.15, 0.2) is 54.6 Å². The van der Waals surface area contributed by atoms with Gasteiger partial charge < -0.3 is 15.2 Å². The molecule has 6 heteroatoms. The van der Waals surface area contributed by atoms with Crippen molar-refractivity contribution in [3.8, 4) is 34.5 Å². The van der Waals surface area contributed by atoms with Crippen molar-refractivity contribution in [3.63, 3.8) is 0 Å². The molecule has 25 heavy (non-hydrogen) atoms. The third-order valence-corrected chi connectivity index (χ3v) is 3.68. The predicted octanol–water partition coefficient (Wildman–Crippen LogP) is 2.76. The van der Waals surface area contributed by atoms with Crippen LogP contribution in [-0.4, -0.2) is 30.0 Å². The maximum Gasteiger partial charge on any atom is 0.163 e. The Morgan fingerprint density at radius 1 is 1.08 bits per heavy atom. The van der Waals surface area contributed by atoms with Gasteiger partial charge in [-0.25, -0.2) is 4.68 Å². The summed E-state index contributed by atoms with van der Waals surface area (Å²) in [4.78, 5) is 0. The highest BCUT2D eigenvalue weighted by atomic mass is 16.5. The zero-order chi connectivity index (χ0) is 17.6. The first-order valence-electron chi connectivity index (χ1n) is 7.83. The van der Waals surface area contributed by atoms with E-state index in [9.17, 15) is 5.26 Å². The minimum absolute atomic E-state index is 0.356. The van der Waals surface area contributed by atoms with Crippen LogP contribution >= 0.6 is 0 Å². The lowest BCUT2D eigenvalue weighted by Crippen LogP contribution is -2.10. The van der Waals surface area contributed by atoms with E-state index in [0.29, 0.717) is 18.8 Å². The summed E-state index contributed by atoms with van der Waals surface area (Å²) in [6.45, 7) is 0.944. The van der Waals surface area contributed by atoms with E-state index >= 15 is 0 Å². The van der Waals surface area contributed by atoms with Crippen LogP contribution in [-0.2, 0) is 0 Å². The lowest BCUT2D eigenvalue weighted by Gasteiger charge is -2.09. The van der Waals surface area contributed by atoms with Crippen LogP contribution in [0.4, 0.5) is 0 Å². The van der Waals surface area contributed by atoms with Crippen LogP contribution in [0.25, 0.3) is 16.9 Å². The fourth-order valence-corrected chi connectivity index (χ4v) is 2.46. The summed E-state index contributed by atoms with van der Waals surface area (Å²) in [5.41, 5.74) is 8.41. The predicted molar refractivity (Wildman–Crippen MR) is 94.8 cm³/mol. The molecule has 0 radical (unpaired) electrons. The molecule has 1 aromatic heterocycles. The molecule has 2 N–H and O–H groups in total. The smallest absolute Gasteiger partial charge is 0.163 e. The largest absolute Gasteiger partial charge is 0.497 e. The number of rotatable bonds is 6. The molecule has 0 bridgehead atoms. The lowest BCUT2D eigenvalue weighted by atomic mass is 10.1. The van der Waals surface area contributed by atoms with Gasteiger partial charge >= 0.3 is 0 Å². The van der Waals surface area contributed by atoms with E-state index in [2.05, 4.69) is 11.2 Å². The van der Waals surface area contributed by atoms with E-state index in [1.807, 2.05) is 48.5 Å². The highest BCUT2D eigenvalue weighted by Gasteiger charge is 2.12. The summed E-state index contributed by atoms with van der Waals surface area (Å²) in [6.07, 6.45) is 0. The van der Waals surface area contributed by atoms with Crippen molar-refractivity contribution in [2.24, 2.45) is 5.73 Å². The van der Waals surface area contributed by atoms with Crippen molar-refractivity contribution in [3.05, 3.63) is 60.3 Å². The molecule has 0 atom stereocenters. The third kappa shape index (κ3) is 3.62. The number of benzene rings is 2. The second kappa shape index (κ2) is 7.51. The molecule has 3 aromatic rings. The van der Waals surface area contributed by atoms with E-state index in [-0.39, 0.29) is 0 Å². The first kappa shape index (κ1) is 16.6. The van der Waals surface area contributed by atoms with Crippen LogP contribution in [0.3, 0.4) is 0 Å². The van der Waals surface area contributed by atoms with Gasteiger partial charge in [-0.1, -0.05) is 0 Å². The van der Waals surface area contributed by atoms with Gasteiger partial charge in [0.1, 0.15) is 24.2 Å². The van der Waals surface area contributed by atoms with Crippen molar-refractivity contribution < 1.29 is 9.47 Å². The first-order chi connectivity index (χ1) is 12.2. The van der Waals surface area contributed by atoms with Gasteiger partial charge in [-0.15, -0.1) is 0 Å². The number of hydrogen-bond acceptors (Lipinski definition) is 5. The van der Waals surface area contributed by atoms with Gasteiger partial charge in [-0.05, 0) is 48.5 Å². The zero-order valence-corrected chi connectivity index (χ0v) is 13.8. The molecule has 0 spiro atoms. The Bertz CT molecular complexity index is 877. The molecule has 126 valence electrons. The van der Waals surface area contributed by atoms with Gasteiger partial charge in [0.05, 0.1) is 18.5 Å². The van der Waals surface area contributed by atoms with Crippen LogP contribution in [0.1, 0.15) is 5.69 Å². The first-order valence-corrected chi connectivity index (χ1v) is 7.83. The van der Waals surface area contributed by atoms with Crippen molar-refractivity contribution in [1.29, 1.82) is 5.26 Å². The molecule has 0 aliphatic rings. The van der Waals surface area contributed by atoms with Crippen molar-refractivity contribution >= 4 is 0 Å². The highest BCUT2D eigenvalue weighted by Crippen LogP contribution is 2.26. The summed E-state index contributed by atoms with van der Waals surface area (Å²) in [7, 11) is 1.62. The molecule has 0 saturated heterocycles. The Labute approximate surface area is 146 Å². The molecular weight excluding hydrogens is 316 g/mol. The fourth-order valence-electron chi connectivity index (χ4n) is 2.46. The number of hydrogen-bond donors (Lipinski definition) is 1. The summed E-state index contributed by atoms with van der Waals surface area (Å²) in [6, 6.07) is 19.0. The van der Waals surface area contributed by atoms with Crippen molar-refractivity contribution in [2.45, 2.75) is 0 Å². The maximum absolute atomic E-state index is 9.21. The van der Waals surface area contributed by atoms with Crippen LogP contribution in [0.5, 0.6) is 11.5 Å². The minimum atomic E-state index is 0.356. The molecule has 1 heterocycles. The number of aromatic nitrogens is 2. The molecular formula is C19H18N4O2. The van der Waals surface area contributed by atoms with Gasteiger partial charge in [-0.3, -0.25) is 0 Å². The Morgan fingerprint density at radius 3 is 2.36 bits per heavy atom. The lowest BCUT2D eigenvalue weighted by molar-refractivity contribution is 0.328. The number of ether oxygens (including phenoxy) is 2. The quantitative estimate of drug-likeness (QED) is 0.749. The molecule has 0 fully saturated rings. The number of nitrogens with zero attached hydrogens (tertiary/aromatic N) is 3. The van der Waals surface area contributed by atoms with E-state index in [1.165, 1.54) is 0 Å². The number of methoxy groups -OCH3 is 1. The highest BCUT2D eigenvalue weighted by molar-refractivity contribution is 5.64. The molecule has 6 nitrogen and oxygen atoms in total. The second-order valence-corrected chi connectivity index (χ2v) is 5.30. The Hall–Kier alpha value is -3.30. The third-order valence-electron chi connectivity index (χ3n) is 3.68. The molecule has 0 aliphatic heterocycles. The molecule has 0 unspecified atom stereocenters. The van der Waals surface area contributed by atoms with Gasteiger partial charge in [0.15, 0.2) is 5.69 Å². The van der Waals surface area contributed by atoms with Gasteiger partial charge in [0, 0.05) is 18.2 Å². The molecule has 0 saturated carbocycles. The minimum Gasteiger partial charge on any atom is -0.497 e. The SMILES string of the molecule is COc1ccc(-n2nc(C#N)cc2-c2ccc(OCCN)cc2)cc1. The monoisotopic (exact) mass is 334 g/mol. The fraction of sp³-hybridized carbons (Fsp3) is 0.158. The average Bonchev–Trinajstić information content (AvgIpc) is 3.11. The maximum atomic E-state index is 9.21. The Kier molecular flexibility index (Phi) is 4.97. The zero-order valence-electron chi connectivity index (χ0n) is 13.8. The standard InChI is InChI=1S/C19H18N4O2/c1-24-17-8-4-16(5-9-17)23-19(12-15(13-21)22-23)14-2-6-18(7-3-14)25-11-10-20/h2-9,12H,10-11,20H2,1H3. The number of nitrogens with two attached hydrogens (primary N) is 1. The van der Waals surface area contributed by atoms with Crippen LogP contribution < -0.4 is 15.2 Å². The van der Waals surface area contributed by atoms with Gasteiger partial charge in [-0.2, -0.15) is 10.4 Å². The molecule has 2 aromatic carbocycles. The van der Waals surface area contributed by atoms with E-state index in [0.717, 1.165) is 28.4 Å².